The molecule has 0 aromatic rings. The van der Waals surface area contributed by atoms with E-state index in [1.54, 1.807) is 12.2 Å². The molecule has 2 fully saturated rings. The van der Waals surface area contributed by atoms with E-state index in [0.29, 0.717) is 0 Å². The Hall–Kier alpha value is -1.21. The van der Waals surface area contributed by atoms with Crippen molar-refractivity contribution in [3.05, 3.63) is 12.2 Å². The molecular formula is C9H8O6S. The molecule has 16 heavy (non-hydrogen) atoms. The summed E-state index contributed by atoms with van der Waals surface area (Å²) in [6.07, 6.45) is 3.15. The van der Waals surface area contributed by atoms with Crippen molar-refractivity contribution in [2.24, 2.45) is 23.7 Å². The number of allylic oxidation sites excluding steroid dienone is 2. The minimum absolute atomic E-state index is 0.635. The normalized spacial score (nSPS) is 44.9. The number of esters is 2. The van der Waals surface area contributed by atoms with Crippen LogP contribution < -0.4 is 0 Å². The van der Waals surface area contributed by atoms with E-state index in [4.69, 9.17) is 4.55 Å². The van der Waals surface area contributed by atoms with Crippen molar-refractivity contribution >= 4 is 22.1 Å². The highest BCUT2D eigenvalue weighted by molar-refractivity contribution is 7.86. The number of hydrogen-bond donors (Lipinski definition) is 1. The van der Waals surface area contributed by atoms with Crippen LogP contribution in [0, 0.1) is 23.7 Å². The molecule has 86 valence electrons. The van der Waals surface area contributed by atoms with Crippen molar-refractivity contribution in [2.45, 2.75) is 5.25 Å². The lowest BCUT2D eigenvalue weighted by molar-refractivity contribution is -0.154. The van der Waals surface area contributed by atoms with E-state index >= 15 is 0 Å². The topological polar surface area (TPSA) is 97.7 Å². The standard InChI is InChI=1S/C9H8O6S/c10-8-5-3-1-2-4(6(5)9(11)15-8)7(3)16(12,13)14/h1-7H,(H,12,13,14). The largest absolute Gasteiger partial charge is 0.393 e. The lowest BCUT2D eigenvalue weighted by atomic mass is 9.85. The molecule has 0 aromatic carbocycles. The fourth-order valence-corrected chi connectivity index (χ4v) is 4.41. The van der Waals surface area contributed by atoms with Gasteiger partial charge in [-0.1, -0.05) is 12.2 Å². The fraction of sp³-hybridized carbons (Fsp3) is 0.556. The van der Waals surface area contributed by atoms with E-state index < -0.39 is 51.0 Å². The van der Waals surface area contributed by atoms with E-state index in [-0.39, 0.29) is 0 Å². The van der Waals surface area contributed by atoms with Gasteiger partial charge in [0.05, 0.1) is 11.8 Å². The van der Waals surface area contributed by atoms with Crippen molar-refractivity contribution < 1.29 is 27.3 Å². The van der Waals surface area contributed by atoms with Gasteiger partial charge < -0.3 is 4.74 Å². The highest BCUT2D eigenvalue weighted by atomic mass is 32.2. The van der Waals surface area contributed by atoms with Gasteiger partial charge in [0.2, 0.25) is 0 Å². The van der Waals surface area contributed by atoms with Crippen LogP contribution in [-0.2, 0) is 24.4 Å². The minimum Gasteiger partial charge on any atom is -0.393 e. The van der Waals surface area contributed by atoms with Crippen LogP contribution in [-0.4, -0.2) is 30.2 Å². The summed E-state index contributed by atoms with van der Waals surface area (Å²) in [6, 6.07) is 0. The van der Waals surface area contributed by atoms with Crippen LogP contribution in [0.4, 0.5) is 0 Å². The number of carbonyl (C=O) groups is 2. The highest BCUT2D eigenvalue weighted by Crippen LogP contribution is 2.54. The zero-order chi connectivity index (χ0) is 11.7. The van der Waals surface area contributed by atoms with Gasteiger partial charge in [0.15, 0.2) is 0 Å². The Kier molecular flexibility index (Phi) is 1.70. The predicted octanol–water partition coefficient (Wildman–Crippen LogP) is -0.626. The summed E-state index contributed by atoms with van der Waals surface area (Å²) in [4.78, 5) is 22.8. The Labute approximate surface area is 91.0 Å². The maximum Gasteiger partial charge on any atom is 0.318 e. The molecule has 4 unspecified atom stereocenters. The van der Waals surface area contributed by atoms with Crippen LogP contribution in [0.5, 0.6) is 0 Å². The summed E-state index contributed by atoms with van der Waals surface area (Å²) in [5.41, 5.74) is 0. The quantitative estimate of drug-likeness (QED) is 0.285. The third kappa shape index (κ3) is 1.02. The molecule has 0 radical (unpaired) electrons. The van der Waals surface area contributed by atoms with E-state index in [1.165, 1.54) is 0 Å². The van der Waals surface area contributed by atoms with Gasteiger partial charge in [-0.05, 0) is 0 Å². The molecule has 4 atom stereocenters. The molecule has 3 rings (SSSR count). The van der Waals surface area contributed by atoms with Crippen LogP contribution in [0.3, 0.4) is 0 Å². The van der Waals surface area contributed by atoms with E-state index in [0.717, 1.165) is 0 Å². The van der Waals surface area contributed by atoms with Gasteiger partial charge in [0.1, 0.15) is 5.25 Å². The van der Waals surface area contributed by atoms with E-state index in [9.17, 15) is 18.0 Å². The average molecular weight is 244 g/mol. The minimum atomic E-state index is -4.25. The lowest BCUT2D eigenvalue weighted by Gasteiger charge is -2.13. The summed E-state index contributed by atoms with van der Waals surface area (Å²) >= 11 is 0. The first-order chi connectivity index (χ1) is 7.41. The maximum atomic E-state index is 11.4. The number of ether oxygens (including phenoxy) is 1. The van der Waals surface area contributed by atoms with Crippen LogP contribution in [0.25, 0.3) is 0 Å². The Morgan fingerprint density at radius 2 is 1.50 bits per heavy atom. The fourth-order valence-electron chi connectivity index (χ4n) is 3.10. The average Bonchev–Trinajstić information content (AvgIpc) is 2.75. The van der Waals surface area contributed by atoms with Crippen LogP contribution in [0.2, 0.25) is 0 Å². The van der Waals surface area contributed by atoms with Gasteiger partial charge in [-0.3, -0.25) is 14.1 Å². The van der Waals surface area contributed by atoms with E-state index in [1.807, 2.05) is 0 Å². The Bertz CT molecular complexity index is 488. The van der Waals surface area contributed by atoms with Crippen molar-refractivity contribution in [2.75, 3.05) is 0 Å². The third-order valence-electron chi connectivity index (χ3n) is 3.62. The smallest absolute Gasteiger partial charge is 0.318 e. The first-order valence-corrected chi connectivity index (χ1v) is 6.32. The second-order valence-electron chi connectivity index (χ2n) is 4.31. The van der Waals surface area contributed by atoms with Crippen molar-refractivity contribution in [1.29, 1.82) is 0 Å². The van der Waals surface area contributed by atoms with Gasteiger partial charge in [-0.2, -0.15) is 8.42 Å². The monoisotopic (exact) mass is 244 g/mol. The van der Waals surface area contributed by atoms with Gasteiger partial charge >= 0.3 is 11.9 Å². The summed E-state index contributed by atoms with van der Waals surface area (Å²) in [6.45, 7) is 0. The molecule has 0 spiro atoms. The molecule has 7 heteroatoms. The Morgan fingerprint density at radius 1 is 1.06 bits per heavy atom. The van der Waals surface area contributed by atoms with Crippen LogP contribution in [0.1, 0.15) is 0 Å². The first-order valence-electron chi connectivity index (χ1n) is 4.81. The number of hydrogen-bond acceptors (Lipinski definition) is 5. The van der Waals surface area contributed by atoms with Gasteiger partial charge in [0.25, 0.3) is 10.1 Å². The Morgan fingerprint density at radius 3 is 1.88 bits per heavy atom. The zero-order valence-electron chi connectivity index (χ0n) is 7.94. The van der Waals surface area contributed by atoms with Gasteiger partial charge in [-0.25, -0.2) is 0 Å². The molecule has 1 saturated carbocycles. The van der Waals surface area contributed by atoms with Crippen LogP contribution in [0.15, 0.2) is 12.2 Å². The Balaban J connectivity index is 2.10. The number of carbonyl (C=O) groups excluding carboxylic acids is 2. The maximum absolute atomic E-state index is 11.4. The molecule has 1 heterocycles. The second kappa shape index (κ2) is 2.72. The summed E-state index contributed by atoms with van der Waals surface area (Å²) in [7, 11) is -4.25. The number of fused-ring (bicyclic) bond motifs is 5. The first kappa shape index (κ1) is 9.98. The molecule has 0 aromatic heterocycles. The molecular weight excluding hydrogens is 236 g/mol. The third-order valence-corrected chi connectivity index (χ3v) is 4.94. The predicted molar refractivity (Wildman–Crippen MR) is 49.5 cm³/mol. The van der Waals surface area contributed by atoms with Gasteiger partial charge in [-0.15, -0.1) is 0 Å². The highest BCUT2D eigenvalue weighted by Gasteiger charge is 2.65. The van der Waals surface area contributed by atoms with E-state index in [2.05, 4.69) is 4.74 Å². The molecule has 3 aliphatic rings. The number of cyclic esters (lactones) is 2. The SMILES string of the molecule is O=C1OC(=O)C2C3C=CC(C12)C3S(=O)(=O)O. The summed E-state index contributed by atoms with van der Waals surface area (Å²) < 4.78 is 36.0. The van der Waals surface area contributed by atoms with Crippen molar-refractivity contribution in [1.82, 2.24) is 0 Å². The molecule has 1 saturated heterocycles. The van der Waals surface area contributed by atoms with Crippen LogP contribution >= 0.6 is 0 Å². The lowest BCUT2D eigenvalue weighted by Crippen LogP contribution is -2.30. The summed E-state index contributed by atoms with van der Waals surface area (Å²) in [5.74, 6) is -4.11. The molecule has 1 aliphatic heterocycles. The molecule has 1 N–H and O–H groups in total. The van der Waals surface area contributed by atoms with Crippen molar-refractivity contribution in [3.8, 4) is 0 Å². The second-order valence-corrected chi connectivity index (χ2v) is 5.89. The zero-order valence-corrected chi connectivity index (χ0v) is 8.75. The summed E-state index contributed by atoms with van der Waals surface area (Å²) in [5, 5.41) is -1.07. The van der Waals surface area contributed by atoms with Crippen molar-refractivity contribution in [3.63, 3.8) is 0 Å². The van der Waals surface area contributed by atoms with Gasteiger partial charge in [0, 0.05) is 11.8 Å². The molecule has 2 bridgehead atoms. The molecule has 2 aliphatic carbocycles. The molecule has 0 amide bonds. The number of rotatable bonds is 1. The molecule has 6 nitrogen and oxygen atoms in total.